The summed E-state index contributed by atoms with van der Waals surface area (Å²) in [6.07, 6.45) is 7.58. The molecule has 9 nitrogen and oxygen atoms in total. The van der Waals surface area contributed by atoms with Gasteiger partial charge in [0.15, 0.2) is 0 Å². The average molecular weight is 790 g/mol. The summed E-state index contributed by atoms with van der Waals surface area (Å²) in [5.41, 5.74) is 4.03. The van der Waals surface area contributed by atoms with Gasteiger partial charge in [0.1, 0.15) is 22.8 Å². The number of aryl methyl sites for hydroxylation is 2. The second kappa shape index (κ2) is 18.5. The van der Waals surface area contributed by atoms with Crippen LogP contribution < -0.4 is 41.5 Å². The number of piperazine rings is 3. The summed E-state index contributed by atoms with van der Waals surface area (Å²) in [5.74, 6) is 1.63. The standard InChI is InChI=1S/C43H57N4O5.BrH/c1-6-45(34-25-32(4)24-33(5)26-34)43(49)40-31-46(35-27-37(50-7-2)29-38(28-35)51-8-3)41-30-36(14-15-39(41)42(40)48)52-23-13-11-9-10-12-19-47-20-16-44(17-21-47)18-22-47;/h14-15,24-31H,6-13,16-23H2,1-5H3;1H/q+1;/p-1. The molecule has 0 aliphatic carbocycles. The zero-order chi connectivity index (χ0) is 36.7. The van der Waals surface area contributed by atoms with E-state index >= 15 is 0 Å². The number of ether oxygens (including phenoxy) is 3. The molecule has 3 aromatic carbocycles. The summed E-state index contributed by atoms with van der Waals surface area (Å²) >= 11 is 0. The van der Waals surface area contributed by atoms with Crippen LogP contribution in [0.15, 0.2) is 65.6 Å². The maximum absolute atomic E-state index is 14.3. The van der Waals surface area contributed by atoms with Crippen LogP contribution in [0.25, 0.3) is 16.6 Å². The van der Waals surface area contributed by atoms with E-state index in [1.54, 1.807) is 17.2 Å². The van der Waals surface area contributed by atoms with Crippen LogP contribution in [0.2, 0.25) is 0 Å². The number of hydrogen-bond donors (Lipinski definition) is 0. The number of unbranched alkanes of at least 4 members (excludes halogenated alkanes) is 4. The van der Waals surface area contributed by atoms with Crippen LogP contribution in [0.1, 0.15) is 74.4 Å². The molecule has 0 radical (unpaired) electrons. The van der Waals surface area contributed by atoms with E-state index in [0.29, 0.717) is 54.5 Å². The first-order valence-corrected chi connectivity index (χ1v) is 19.4. The highest BCUT2D eigenvalue weighted by Crippen LogP contribution is 2.30. The molecule has 10 heteroatoms. The molecular formula is C43H57BrN4O5. The Balaban J connectivity index is 0.00000541. The first-order valence-electron chi connectivity index (χ1n) is 19.4. The lowest BCUT2D eigenvalue weighted by molar-refractivity contribution is -0.941. The normalized spacial score (nSPS) is 17.7. The fourth-order valence-corrected chi connectivity index (χ4v) is 7.99. The highest BCUT2D eigenvalue weighted by Gasteiger charge is 2.37. The minimum Gasteiger partial charge on any atom is -1.00 e. The van der Waals surface area contributed by atoms with Crippen LogP contribution in [0.4, 0.5) is 5.69 Å². The SMILES string of the molecule is CCOc1cc(OCC)cc(-n2cc(C(=O)N(CC)c3cc(C)cc(C)c3)c(=O)c3ccc(OCCCCCCC[N+]45CCN(CC4)CC5)cc32)c1.[Br-]. The van der Waals surface area contributed by atoms with Gasteiger partial charge in [0, 0.05) is 67.7 Å². The summed E-state index contributed by atoms with van der Waals surface area (Å²) in [6, 6.07) is 17.3. The Morgan fingerprint density at radius 1 is 0.755 bits per heavy atom. The molecule has 2 bridgehead atoms. The van der Waals surface area contributed by atoms with Gasteiger partial charge in [-0.2, -0.15) is 0 Å². The van der Waals surface area contributed by atoms with Crippen molar-refractivity contribution in [2.45, 2.75) is 66.7 Å². The number of carbonyl (C=O) groups excluding carboxylic acids is 1. The molecule has 4 heterocycles. The highest BCUT2D eigenvalue weighted by atomic mass is 79.9. The number of amides is 1. The number of aromatic nitrogens is 1. The van der Waals surface area contributed by atoms with Gasteiger partial charge < -0.3 is 45.1 Å². The van der Waals surface area contributed by atoms with Gasteiger partial charge in [-0.05, 0) is 89.3 Å². The van der Waals surface area contributed by atoms with E-state index in [1.807, 2.05) is 81.7 Å². The number of hydrogen-bond acceptors (Lipinski definition) is 6. The second-order valence-corrected chi connectivity index (χ2v) is 14.5. The van der Waals surface area contributed by atoms with Crippen molar-refractivity contribution in [1.82, 2.24) is 9.47 Å². The quantitative estimate of drug-likeness (QED) is 0.116. The van der Waals surface area contributed by atoms with Crippen molar-refractivity contribution in [3.63, 3.8) is 0 Å². The molecule has 0 atom stereocenters. The van der Waals surface area contributed by atoms with Crippen LogP contribution in [0.5, 0.6) is 17.2 Å². The number of pyridine rings is 1. The van der Waals surface area contributed by atoms with Gasteiger partial charge >= 0.3 is 0 Å². The molecule has 286 valence electrons. The minimum atomic E-state index is -0.345. The Labute approximate surface area is 325 Å². The molecule has 0 N–H and O–H groups in total. The van der Waals surface area contributed by atoms with Gasteiger partial charge in [0.25, 0.3) is 5.91 Å². The van der Waals surface area contributed by atoms with Gasteiger partial charge in [0.05, 0.1) is 57.2 Å². The number of quaternary nitrogens is 1. The van der Waals surface area contributed by atoms with Crippen LogP contribution >= 0.6 is 0 Å². The summed E-state index contributed by atoms with van der Waals surface area (Å²) in [5, 5.41) is 0.441. The van der Waals surface area contributed by atoms with E-state index < -0.39 is 0 Å². The summed E-state index contributed by atoms with van der Waals surface area (Å²) < 4.78 is 21.3. The van der Waals surface area contributed by atoms with E-state index in [-0.39, 0.29) is 33.9 Å². The fraction of sp³-hybridized carbons (Fsp3) is 0.488. The van der Waals surface area contributed by atoms with Crippen molar-refractivity contribution in [2.75, 3.05) is 77.1 Å². The molecule has 0 unspecified atom stereocenters. The van der Waals surface area contributed by atoms with Crippen LogP contribution in [-0.2, 0) is 0 Å². The monoisotopic (exact) mass is 788 g/mol. The number of fused-ring (bicyclic) bond motifs is 4. The van der Waals surface area contributed by atoms with Crippen molar-refractivity contribution >= 4 is 22.5 Å². The molecule has 3 aliphatic heterocycles. The number of anilines is 1. The van der Waals surface area contributed by atoms with Crippen LogP contribution in [-0.4, -0.2) is 92.0 Å². The van der Waals surface area contributed by atoms with Crippen molar-refractivity contribution < 1.29 is 40.5 Å². The first-order chi connectivity index (χ1) is 25.2. The molecule has 7 rings (SSSR count). The summed E-state index contributed by atoms with van der Waals surface area (Å²) in [7, 11) is 0. The first kappa shape index (κ1) is 40.3. The van der Waals surface area contributed by atoms with Gasteiger partial charge in [-0.1, -0.05) is 18.9 Å². The van der Waals surface area contributed by atoms with Gasteiger partial charge in [-0.3, -0.25) is 14.5 Å². The zero-order valence-electron chi connectivity index (χ0n) is 32.3. The Hall–Kier alpha value is -3.86. The van der Waals surface area contributed by atoms with Gasteiger partial charge in [-0.25, -0.2) is 0 Å². The zero-order valence-corrected chi connectivity index (χ0v) is 33.9. The molecule has 3 fully saturated rings. The van der Waals surface area contributed by atoms with Crippen molar-refractivity contribution in [2.24, 2.45) is 0 Å². The van der Waals surface area contributed by atoms with E-state index in [9.17, 15) is 9.59 Å². The second-order valence-electron chi connectivity index (χ2n) is 14.5. The molecule has 1 aromatic heterocycles. The van der Waals surface area contributed by atoms with E-state index in [1.165, 1.54) is 69.6 Å². The third-order valence-electron chi connectivity index (χ3n) is 10.8. The smallest absolute Gasteiger partial charge is 0.263 e. The fourth-order valence-electron chi connectivity index (χ4n) is 7.99. The Morgan fingerprint density at radius 2 is 1.38 bits per heavy atom. The molecule has 1 amide bonds. The topological polar surface area (TPSA) is 73.2 Å². The Kier molecular flexibility index (Phi) is 14.0. The summed E-state index contributed by atoms with van der Waals surface area (Å²) in [6.45, 7) is 21.0. The average Bonchev–Trinajstić information content (AvgIpc) is 3.13. The number of rotatable bonds is 17. The van der Waals surface area contributed by atoms with E-state index in [4.69, 9.17) is 14.2 Å². The predicted octanol–water partition coefficient (Wildman–Crippen LogP) is 4.55. The lowest BCUT2D eigenvalue weighted by Gasteiger charge is -2.50. The molecular weight excluding hydrogens is 732 g/mol. The van der Waals surface area contributed by atoms with Gasteiger partial charge in [0.2, 0.25) is 5.43 Å². The third-order valence-corrected chi connectivity index (χ3v) is 10.8. The van der Waals surface area contributed by atoms with Gasteiger partial charge in [-0.15, -0.1) is 0 Å². The third kappa shape index (κ3) is 9.63. The van der Waals surface area contributed by atoms with E-state index in [2.05, 4.69) is 11.0 Å². The predicted molar refractivity (Wildman–Crippen MR) is 210 cm³/mol. The van der Waals surface area contributed by atoms with Crippen LogP contribution in [0, 0.1) is 13.8 Å². The molecule has 3 saturated heterocycles. The van der Waals surface area contributed by atoms with E-state index in [0.717, 1.165) is 35.3 Å². The lowest BCUT2D eigenvalue weighted by Crippen LogP contribution is -3.00. The molecule has 0 saturated carbocycles. The van der Waals surface area contributed by atoms with Crippen molar-refractivity contribution in [3.05, 3.63) is 87.7 Å². The van der Waals surface area contributed by atoms with Crippen molar-refractivity contribution in [3.8, 4) is 22.9 Å². The molecule has 3 aliphatic rings. The number of halogens is 1. The molecule has 0 spiro atoms. The maximum atomic E-state index is 14.3. The molecule has 4 aromatic rings. The Morgan fingerprint density at radius 3 is 2.00 bits per heavy atom. The van der Waals surface area contributed by atoms with Crippen LogP contribution in [0.3, 0.4) is 0 Å². The number of benzene rings is 3. The lowest BCUT2D eigenvalue weighted by atomic mass is 10.1. The maximum Gasteiger partial charge on any atom is 0.263 e. The highest BCUT2D eigenvalue weighted by molar-refractivity contribution is 6.07. The summed E-state index contributed by atoms with van der Waals surface area (Å²) in [4.78, 5) is 32.7. The largest absolute Gasteiger partial charge is 1.00 e. The number of carbonyl (C=O) groups is 1. The van der Waals surface area contributed by atoms with Crippen molar-refractivity contribution in [1.29, 1.82) is 0 Å². The minimum absolute atomic E-state index is 0. The molecule has 53 heavy (non-hydrogen) atoms. The number of nitrogens with zero attached hydrogens (tertiary/aromatic N) is 4. The Bertz CT molecular complexity index is 1860.